The van der Waals surface area contributed by atoms with Crippen molar-refractivity contribution in [3.63, 3.8) is 0 Å². The number of cyclic esters (lactones) is 1. The first-order valence-corrected chi connectivity index (χ1v) is 17.1. The van der Waals surface area contributed by atoms with Crippen LogP contribution in [-0.4, -0.2) is 135 Å². The molecule has 0 bridgehead atoms. The predicted molar refractivity (Wildman–Crippen MR) is 174 cm³/mol. The molecule has 272 valence electrons. The molecule has 0 radical (unpaired) electrons. The van der Waals surface area contributed by atoms with Gasteiger partial charge in [-0.25, -0.2) is 0 Å². The third kappa shape index (κ3) is 8.91. The molecule has 2 N–H and O–H groups in total. The van der Waals surface area contributed by atoms with Gasteiger partial charge in [-0.15, -0.1) is 0 Å². The van der Waals surface area contributed by atoms with E-state index in [4.69, 9.17) is 28.5 Å². The molecule has 0 amide bonds. The molecule has 3 rings (SSSR count). The number of hydroxylamine groups is 2. The molecule has 5 unspecified atom stereocenters. The van der Waals surface area contributed by atoms with E-state index in [2.05, 4.69) is 12.2 Å². The van der Waals surface area contributed by atoms with Crippen molar-refractivity contribution in [2.24, 2.45) is 23.7 Å². The van der Waals surface area contributed by atoms with Gasteiger partial charge in [0.15, 0.2) is 17.7 Å². The topological polar surface area (TPSA) is 145 Å². The maximum atomic E-state index is 14.2. The van der Waals surface area contributed by atoms with Crippen molar-refractivity contribution in [1.82, 2.24) is 15.3 Å². The molecule has 3 aliphatic rings. The molecule has 0 aromatic heterocycles. The van der Waals surface area contributed by atoms with E-state index in [1.54, 1.807) is 33.3 Å². The van der Waals surface area contributed by atoms with Gasteiger partial charge in [-0.2, -0.15) is 5.06 Å². The second-order valence-corrected chi connectivity index (χ2v) is 14.7. The zero-order valence-corrected chi connectivity index (χ0v) is 30.6. The Hall–Kier alpha value is -1.71. The number of rotatable bonds is 8. The lowest BCUT2D eigenvalue weighted by Gasteiger charge is -2.47. The summed E-state index contributed by atoms with van der Waals surface area (Å²) in [7, 11) is 8.75. The van der Waals surface area contributed by atoms with Crippen molar-refractivity contribution in [1.29, 1.82) is 0 Å². The Morgan fingerprint density at radius 2 is 1.72 bits per heavy atom. The highest BCUT2D eigenvalue weighted by molar-refractivity contribution is 6.00. The largest absolute Gasteiger partial charge is 0.458 e. The number of esters is 2. The van der Waals surface area contributed by atoms with Gasteiger partial charge in [0.1, 0.15) is 18.1 Å². The predicted octanol–water partition coefficient (Wildman–Crippen LogP) is 2.18. The van der Waals surface area contributed by atoms with E-state index in [9.17, 15) is 19.5 Å². The number of methoxy groups -OCH3 is 1. The summed E-state index contributed by atoms with van der Waals surface area (Å²) in [6.45, 7) is 14.0. The van der Waals surface area contributed by atoms with Crippen LogP contribution in [-0.2, 0) is 42.9 Å². The van der Waals surface area contributed by atoms with E-state index in [-0.39, 0.29) is 48.2 Å². The van der Waals surface area contributed by atoms with Crippen molar-refractivity contribution in [3.8, 4) is 0 Å². The van der Waals surface area contributed by atoms with Gasteiger partial charge in [-0.05, 0) is 73.5 Å². The van der Waals surface area contributed by atoms with E-state index in [0.29, 0.717) is 32.4 Å². The quantitative estimate of drug-likeness (QED) is 0.221. The first-order valence-electron chi connectivity index (χ1n) is 17.1. The van der Waals surface area contributed by atoms with E-state index in [0.717, 1.165) is 0 Å². The zero-order valence-electron chi connectivity index (χ0n) is 30.6. The Labute approximate surface area is 281 Å². The number of carbonyl (C=O) groups is 3. The minimum Gasteiger partial charge on any atom is -0.458 e. The standard InChI is InChI=1S/C34H61N3O10/c1-13-26-34(7)24(15-27(38)47-34)22(5)35-17-19(2)16-33(6,42-11)30(20(3)28(39)21(4)31(41)45-26)46-32-29(40)25(36(8)9)14-23(44-32)18-37(10)43-12/h19-26,29-30,32,35,40H,13-18H2,1-12H3/t19-,20+,21?,22-,23?,24-,25?,26-,29?,30-,32?,33-,34+/m1/s1. The Morgan fingerprint density at radius 1 is 1.06 bits per heavy atom. The molecule has 13 atom stereocenters. The highest BCUT2D eigenvalue weighted by Crippen LogP contribution is 2.42. The van der Waals surface area contributed by atoms with E-state index >= 15 is 0 Å². The molecule has 3 saturated heterocycles. The van der Waals surface area contributed by atoms with Crippen LogP contribution in [0.3, 0.4) is 0 Å². The maximum Gasteiger partial charge on any atom is 0.316 e. The Bertz CT molecular complexity index is 1080. The highest BCUT2D eigenvalue weighted by Gasteiger charge is 2.55. The summed E-state index contributed by atoms with van der Waals surface area (Å²) in [6, 6.07) is -0.424. The average Bonchev–Trinajstić information content (AvgIpc) is 3.34. The first-order chi connectivity index (χ1) is 21.9. The van der Waals surface area contributed by atoms with Gasteiger partial charge in [0.25, 0.3) is 0 Å². The summed E-state index contributed by atoms with van der Waals surface area (Å²) in [5.41, 5.74) is -2.08. The lowest BCUT2D eigenvalue weighted by atomic mass is 9.78. The minimum atomic E-state index is -1.14. The van der Waals surface area contributed by atoms with Crippen LogP contribution in [0.1, 0.15) is 74.1 Å². The van der Waals surface area contributed by atoms with Crippen LogP contribution in [0.4, 0.5) is 0 Å². The van der Waals surface area contributed by atoms with Gasteiger partial charge >= 0.3 is 11.9 Å². The van der Waals surface area contributed by atoms with Gasteiger partial charge < -0.3 is 43.8 Å². The Balaban J connectivity index is 2.03. The normalized spacial score (nSPS) is 42.9. The highest BCUT2D eigenvalue weighted by atomic mass is 16.7. The maximum absolute atomic E-state index is 14.2. The van der Waals surface area contributed by atoms with E-state index < -0.39 is 53.6 Å². The van der Waals surface area contributed by atoms with E-state index in [1.165, 1.54) is 6.92 Å². The summed E-state index contributed by atoms with van der Waals surface area (Å²) in [4.78, 5) is 47.7. The molecule has 13 heteroatoms. The second-order valence-electron chi connectivity index (χ2n) is 14.7. The lowest BCUT2D eigenvalue weighted by molar-refractivity contribution is -0.303. The van der Waals surface area contributed by atoms with Crippen LogP contribution >= 0.6 is 0 Å². The Kier molecular flexibility index (Phi) is 13.8. The SMILES string of the molecule is CC[C@H]1OC(=O)C(C)C(=O)[C@H](C)[C@@H](OC2OC(CN(C)OC)CC(N(C)C)C2O)[C@](C)(OC)C[C@@H](C)CN[C@H](C)[C@H]2CC(=O)O[C@@]21C. The number of fused-ring (bicyclic) bond motifs is 1. The first kappa shape index (κ1) is 39.7. The number of ether oxygens (including phenoxy) is 5. The van der Waals surface area contributed by atoms with Gasteiger partial charge in [-0.3, -0.25) is 14.4 Å². The molecule has 13 nitrogen and oxygen atoms in total. The van der Waals surface area contributed by atoms with Crippen LogP contribution in [0.2, 0.25) is 0 Å². The lowest BCUT2D eigenvalue weighted by Crippen LogP contribution is -2.60. The summed E-state index contributed by atoms with van der Waals surface area (Å²) in [5.74, 6) is -3.62. The van der Waals surface area contributed by atoms with Gasteiger partial charge in [-0.1, -0.05) is 20.8 Å². The molecule has 0 aromatic carbocycles. The third-order valence-electron chi connectivity index (χ3n) is 10.8. The summed E-state index contributed by atoms with van der Waals surface area (Å²) >= 11 is 0. The molecule has 0 spiro atoms. The summed E-state index contributed by atoms with van der Waals surface area (Å²) < 4.78 is 31.1. The van der Waals surface area contributed by atoms with Crippen molar-refractivity contribution in [2.75, 3.05) is 48.5 Å². The van der Waals surface area contributed by atoms with Crippen molar-refractivity contribution in [3.05, 3.63) is 0 Å². The number of hydrogen-bond acceptors (Lipinski definition) is 13. The van der Waals surface area contributed by atoms with Crippen molar-refractivity contribution in [2.45, 2.75) is 128 Å². The fourth-order valence-electron chi connectivity index (χ4n) is 7.80. The van der Waals surface area contributed by atoms with Crippen molar-refractivity contribution >= 4 is 17.7 Å². The zero-order chi connectivity index (χ0) is 35.4. The minimum absolute atomic E-state index is 0.0392. The number of hydrogen-bond donors (Lipinski definition) is 2. The summed E-state index contributed by atoms with van der Waals surface area (Å²) in [6.07, 6.45) is -2.46. The van der Waals surface area contributed by atoms with Crippen LogP contribution in [0, 0.1) is 23.7 Å². The molecule has 3 heterocycles. The van der Waals surface area contributed by atoms with Crippen LogP contribution in [0.25, 0.3) is 0 Å². The molecule has 3 fully saturated rings. The number of Topliss-reactive ketones (excluding diaryl/α,β-unsaturated/α-hetero) is 1. The smallest absolute Gasteiger partial charge is 0.316 e. The monoisotopic (exact) mass is 671 g/mol. The second kappa shape index (κ2) is 16.3. The number of carbonyl (C=O) groups excluding carboxylic acids is 3. The Morgan fingerprint density at radius 3 is 2.30 bits per heavy atom. The molecule has 0 aliphatic carbocycles. The fraction of sp³-hybridized carbons (Fsp3) is 0.912. The molecule has 47 heavy (non-hydrogen) atoms. The van der Waals surface area contributed by atoms with Crippen LogP contribution in [0.15, 0.2) is 0 Å². The fourth-order valence-corrected chi connectivity index (χ4v) is 7.80. The van der Waals surface area contributed by atoms with Gasteiger partial charge in [0.2, 0.25) is 0 Å². The number of aliphatic hydroxyl groups excluding tert-OH is 1. The molecule has 3 aliphatic heterocycles. The molecule has 0 aromatic rings. The third-order valence-corrected chi connectivity index (χ3v) is 10.8. The molecular weight excluding hydrogens is 610 g/mol. The van der Waals surface area contributed by atoms with Gasteiger partial charge in [0, 0.05) is 38.1 Å². The number of likely N-dealkylation sites (N-methyl/N-ethyl adjacent to an activating group) is 2. The molecular formula is C34H61N3O10. The molecule has 0 saturated carbocycles. The summed E-state index contributed by atoms with van der Waals surface area (Å²) in [5, 5.41) is 16.8. The van der Waals surface area contributed by atoms with Crippen molar-refractivity contribution < 1.29 is 48.0 Å². The van der Waals surface area contributed by atoms with Gasteiger partial charge in [0.05, 0.1) is 37.9 Å². The number of nitrogens with one attached hydrogen (secondary N) is 1. The number of ketones is 1. The number of nitrogens with zero attached hydrogens (tertiary/aromatic N) is 2. The number of aliphatic hydroxyl groups is 1. The average molecular weight is 672 g/mol. The van der Waals surface area contributed by atoms with Crippen LogP contribution in [0.5, 0.6) is 0 Å². The van der Waals surface area contributed by atoms with Crippen LogP contribution < -0.4 is 5.32 Å². The van der Waals surface area contributed by atoms with E-state index in [1.807, 2.05) is 46.7 Å².